The average Bonchev–Trinajstić information content (AvgIpc) is 2.54. The number of allylic oxidation sites excluding steroid dienone is 1. The molecule has 2 nitrogen and oxygen atoms in total. The van der Waals surface area contributed by atoms with Gasteiger partial charge in [0.25, 0.3) is 0 Å². The molecule has 3 rings (SSSR count). The molecule has 0 fully saturated rings. The molecule has 0 aromatic heterocycles. The Morgan fingerprint density at radius 3 is 2.83 bits per heavy atom. The van der Waals surface area contributed by atoms with Crippen molar-refractivity contribution >= 4 is 37.6 Å². The van der Waals surface area contributed by atoms with Crippen LogP contribution in [0.15, 0.2) is 27.2 Å². The Morgan fingerprint density at radius 1 is 1.39 bits per heavy atom. The lowest BCUT2D eigenvalue weighted by molar-refractivity contribution is -0.117. The van der Waals surface area contributed by atoms with Gasteiger partial charge in [-0.2, -0.15) is 0 Å². The molecular formula is C14H12Br2O2. The summed E-state index contributed by atoms with van der Waals surface area (Å²) in [6.45, 7) is 4.19. The van der Waals surface area contributed by atoms with Gasteiger partial charge in [0.1, 0.15) is 11.9 Å². The molecule has 0 radical (unpaired) electrons. The Bertz CT molecular complexity index is 592. The quantitative estimate of drug-likeness (QED) is 0.688. The Kier molecular flexibility index (Phi) is 2.72. The van der Waals surface area contributed by atoms with Crippen LogP contribution in [-0.4, -0.2) is 11.9 Å². The van der Waals surface area contributed by atoms with E-state index >= 15 is 0 Å². The molecule has 0 saturated heterocycles. The van der Waals surface area contributed by atoms with E-state index in [2.05, 4.69) is 51.8 Å². The normalized spacial score (nSPS) is 29.4. The maximum Gasteiger partial charge on any atom is 0.173 e. The van der Waals surface area contributed by atoms with Crippen molar-refractivity contribution in [3.05, 3.63) is 38.3 Å². The molecule has 1 heterocycles. The van der Waals surface area contributed by atoms with Crippen molar-refractivity contribution in [3.63, 3.8) is 0 Å². The van der Waals surface area contributed by atoms with E-state index in [-0.39, 0.29) is 17.3 Å². The number of halogens is 2. The van der Waals surface area contributed by atoms with Gasteiger partial charge in [0.2, 0.25) is 0 Å². The molecule has 0 amide bonds. The van der Waals surface area contributed by atoms with Crippen LogP contribution in [0.5, 0.6) is 5.75 Å². The fourth-order valence-corrected chi connectivity index (χ4v) is 4.03. The molecule has 18 heavy (non-hydrogen) atoms. The molecule has 1 aromatic rings. The summed E-state index contributed by atoms with van der Waals surface area (Å²) >= 11 is 6.90. The van der Waals surface area contributed by atoms with Crippen molar-refractivity contribution in [2.75, 3.05) is 0 Å². The molecule has 2 atom stereocenters. The number of carbonyl (C=O) groups is 1. The second-order valence-electron chi connectivity index (χ2n) is 5.13. The number of Topliss-reactive ketones (excluding diaryl/α,β-unsaturated/α-hetero) is 1. The molecule has 0 saturated carbocycles. The highest BCUT2D eigenvalue weighted by Gasteiger charge is 2.48. The zero-order chi connectivity index (χ0) is 13.1. The summed E-state index contributed by atoms with van der Waals surface area (Å²) in [7, 11) is 0. The van der Waals surface area contributed by atoms with E-state index in [1.807, 2.05) is 12.1 Å². The average molecular weight is 372 g/mol. The number of rotatable bonds is 0. The molecule has 94 valence electrons. The van der Waals surface area contributed by atoms with Crippen LogP contribution in [0.2, 0.25) is 0 Å². The van der Waals surface area contributed by atoms with Gasteiger partial charge in [0, 0.05) is 12.0 Å². The van der Waals surface area contributed by atoms with Crippen molar-refractivity contribution in [1.82, 2.24) is 0 Å². The number of ether oxygens (including phenoxy) is 1. The van der Waals surface area contributed by atoms with E-state index in [0.717, 1.165) is 15.8 Å². The van der Waals surface area contributed by atoms with Crippen LogP contribution < -0.4 is 4.74 Å². The van der Waals surface area contributed by atoms with Crippen LogP contribution in [0.25, 0.3) is 0 Å². The second-order valence-corrected chi connectivity index (χ2v) is 6.84. The Hall–Kier alpha value is -0.610. The van der Waals surface area contributed by atoms with Gasteiger partial charge in [-0.1, -0.05) is 12.1 Å². The highest BCUT2D eigenvalue weighted by molar-refractivity contribution is 9.12. The Labute approximate surface area is 123 Å². The fourth-order valence-electron chi connectivity index (χ4n) is 2.72. The minimum Gasteiger partial charge on any atom is -0.487 e. The van der Waals surface area contributed by atoms with Crippen molar-refractivity contribution in [3.8, 4) is 5.75 Å². The SMILES string of the molecule is Cc1cc(Br)c2c(c1)[C@]1(C)C=C(Br)C(=O)C[C@@H]1O2. The van der Waals surface area contributed by atoms with E-state index in [0.29, 0.717) is 10.9 Å². The van der Waals surface area contributed by atoms with E-state index < -0.39 is 0 Å². The van der Waals surface area contributed by atoms with Gasteiger partial charge in [0.15, 0.2) is 5.78 Å². The van der Waals surface area contributed by atoms with Crippen LogP contribution in [-0.2, 0) is 10.2 Å². The van der Waals surface area contributed by atoms with Gasteiger partial charge in [-0.25, -0.2) is 0 Å². The number of hydrogen-bond acceptors (Lipinski definition) is 2. The topological polar surface area (TPSA) is 26.3 Å². The fraction of sp³-hybridized carbons (Fsp3) is 0.357. The summed E-state index contributed by atoms with van der Waals surface area (Å²) in [4.78, 5) is 11.8. The monoisotopic (exact) mass is 370 g/mol. The lowest BCUT2D eigenvalue weighted by atomic mass is 9.74. The molecule has 0 N–H and O–H groups in total. The predicted molar refractivity (Wildman–Crippen MR) is 77.3 cm³/mol. The zero-order valence-corrected chi connectivity index (χ0v) is 13.3. The van der Waals surface area contributed by atoms with Gasteiger partial charge in [0.05, 0.1) is 14.4 Å². The Balaban J connectivity index is 2.23. The number of aryl methyl sites for hydroxylation is 1. The van der Waals surface area contributed by atoms with Crippen molar-refractivity contribution in [2.24, 2.45) is 0 Å². The molecule has 4 heteroatoms. The molecular weight excluding hydrogens is 360 g/mol. The number of ketones is 1. The smallest absolute Gasteiger partial charge is 0.173 e. The van der Waals surface area contributed by atoms with Gasteiger partial charge < -0.3 is 4.74 Å². The second kappa shape index (κ2) is 3.94. The first-order chi connectivity index (χ1) is 8.41. The standard InChI is InChI=1S/C14H12Br2O2/c1-7-3-8-13(9(15)4-7)18-12-5-11(17)10(16)6-14(8,12)2/h3-4,6,12H,5H2,1-2H3/t12-,14-/m0/s1. The highest BCUT2D eigenvalue weighted by Crippen LogP contribution is 2.51. The van der Waals surface area contributed by atoms with E-state index in [4.69, 9.17) is 4.74 Å². The van der Waals surface area contributed by atoms with Gasteiger partial charge in [-0.15, -0.1) is 0 Å². The van der Waals surface area contributed by atoms with Gasteiger partial charge >= 0.3 is 0 Å². The molecule has 1 aliphatic carbocycles. The summed E-state index contributed by atoms with van der Waals surface area (Å²) < 4.78 is 7.61. The summed E-state index contributed by atoms with van der Waals surface area (Å²) in [5.41, 5.74) is 2.12. The maximum absolute atomic E-state index is 11.8. The summed E-state index contributed by atoms with van der Waals surface area (Å²) in [5, 5.41) is 0. The van der Waals surface area contributed by atoms with Gasteiger partial charge in [-0.05, 0) is 57.3 Å². The number of hydrogen-bond donors (Lipinski definition) is 0. The van der Waals surface area contributed by atoms with Gasteiger partial charge in [-0.3, -0.25) is 4.79 Å². The minimum absolute atomic E-state index is 0.0978. The maximum atomic E-state index is 11.8. The molecule has 0 bridgehead atoms. The third kappa shape index (κ3) is 1.62. The lowest BCUT2D eigenvalue weighted by Gasteiger charge is -2.30. The van der Waals surface area contributed by atoms with Crippen LogP contribution in [0.4, 0.5) is 0 Å². The van der Waals surface area contributed by atoms with Crippen molar-refractivity contribution in [1.29, 1.82) is 0 Å². The van der Waals surface area contributed by atoms with Crippen molar-refractivity contribution < 1.29 is 9.53 Å². The van der Waals surface area contributed by atoms with E-state index in [9.17, 15) is 4.79 Å². The number of fused-ring (bicyclic) bond motifs is 3. The van der Waals surface area contributed by atoms with Crippen LogP contribution in [0, 0.1) is 6.92 Å². The zero-order valence-electron chi connectivity index (χ0n) is 10.1. The molecule has 0 unspecified atom stereocenters. The van der Waals surface area contributed by atoms with Crippen LogP contribution >= 0.6 is 31.9 Å². The third-order valence-corrected chi connectivity index (χ3v) is 5.02. The molecule has 1 aliphatic heterocycles. The van der Waals surface area contributed by atoms with Crippen LogP contribution in [0.1, 0.15) is 24.5 Å². The highest BCUT2D eigenvalue weighted by atomic mass is 79.9. The number of carbonyl (C=O) groups excluding carboxylic acids is 1. The first kappa shape index (κ1) is 12.4. The van der Waals surface area contributed by atoms with E-state index in [1.54, 1.807) is 0 Å². The summed E-state index contributed by atoms with van der Waals surface area (Å²) in [6.07, 6.45) is 2.31. The summed E-state index contributed by atoms with van der Waals surface area (Å²) in [6, 6.07) is 4.19. The van der Waals surface area contributed by atoms with E-state index in [1.165, 1.54) is 5.56 Å². The van der Waals surface area contributed by atoms with Crippen LogP contribution in [0.3, 0.4) is 0 Å². The first-order valence-electron chi connectivity index (χ1n) is 5.80. The lowest BCUT2D eigenvalue weighted by Crippen LogP contribution is -2.39. The number of benzene rings is 1. The summed E-state index contributed by atoms with van der Waals surface area (Å²) in [5.74, 6) is 0.984. The largest absolute Gasteiger partial charge is 0.487 e. The minimum atomic E-state index is -0.226. The molecule has 2 aliphatic rings. The first-order valence-corrected chi connectivity index (χ1v) is 7.39. The molecule has 1 aromatic carbocycles. The third-order valence-electron chi connectivity index (χ3n) is 3.76. The Morgan fingerprint density at radius 2 is 2.11 bits per heavy atom. The molecule has 0 spiro atoms. The van der Waals surface area contributed by atoms with Crippen molar-refractivity contribution in [2.45, 2.75) is 31.8 Å². The predicted octanol–water partition coefficient (Wildman–Crippen LogP) is 4.03.